The van der Waals surface area contributed by atoms with Gasteiger partial charge in [0.2, 0.25) is 21.0 Å². The van der Waals surface area contributed by atoms with Crippen LogP contribution in [0.3, 0.4) is 0 Å². The number of hydrogen-bond donors (Lipinski definition) is 4. The number of anilines is 1. The summed E-state index contributed by atoms with van der Waals surface area (Å²) in [6, 6.07) is 45.3. The number of carbonyl (C=O) groups excluding carboxylic acids is 4. The number of nitrogens with one attached hydrogen (secondary N) is 2. The maximum Gasteiger partial charge on any atom is 0.298 e. The van der Waals surface area contributed by atoms with Gasteiger partial charge in [0.25, 0.3) is 28.7 Å². The van der Waals surface area contributed by atoms with E-state index in [9.17, 15) is 38.4 Å². The van der Waals surface area contributed by atoms with Crippen LogP contribution >= 0.6 is 69.2 Å². The van der Waals surface area contributed by atoms with Crippen LogP contribution in [0.1, 0.15) is 304 Å². The average Bonchev–Trinajstić information content (AvgIpc) is 1.54. The smallest absolute Gasteiger partial charge is 0.298 e. The van der Waals surface area contributed by atoms with Crippen LogP contribution in [0.15, 0.2) is 202 Å². The molecule has 8 aliphatic rings. The minimum absolute atomic E-state index is 0.0676. The summed E-state index contributed by atoms with van der Waals surface area (Å²) in [7, 11) is 7.36. The number of hydrogen-bond acceptors (Lipinski definition) is 20. The fourth-order valence-electron chi connectivity index (χ4n) is 17.9. The summed E-state index contributed by atoms with van der Waals surface area (Å²) in [4.78, 5) is 124. The SMILES string of the molecule is C#Cc1ccccn1.CC1CCCC/C1=N\O.CC1CCCCC(=O)N1.CC1CCCCC1=O.CC1CCCCNC1=O.CC1CCCCc2nc3cc(Br)ccc3c(=O)n21.CC1CCCCc2nc3cc(C#Cc4ccccn4)ccc3c(=O)n21.CC1CCCCn2c1nc1cc(Br)ccc1c2=O.CC1CCCCn2c1nc1cc(C#Cc3ccccn3)ccc1c2=O.Nc1cc(Br)ccc1OC=O.O=S(Cl)Cl. The lowest BCUT2D eigenvalue weighted by Crippen LogP contribution is -2.29. The molecule has 7 aromatic heterocycles. The number of aromatic nitrogens is 11. The summed E-state index contributed by atoms with van der Waals surface area (Å²) in [5, 5.41) is 20.2. The minimum atomic E-state index is -1.67. The maximum atomic E-state index is 12.9. The third-order valence-electron chi connectivity index (χ3n) is 26.0. The number of nitrogens with two attached hydrogens (primary N) is 1. The second-order valence-electron chi connectivity index (χ2n) is 37.2. The predicted molar refractivity (Wildman–Crippen MR) is 588 cm³/mol. The highest BCUT2D eigenvalue weighted by Crippen LogP contribution is 2.32. The second kappa shape index (κ2) is 59.7. The van der Waals surface area contributed by atoms with E-state index in [2.05, 4.69) is 181 Å². The second-order valence-corrected chi connectivity index (χ2v) is 42.4. The van der Waals surface area contributed by atoms with Crippen LogP contribution in [0, 0.1) is 53.8 Å². The van der Waals surface area contributed by atoms with E-state index in [0.717, 1.165) is 252 Å². The van der Waals surface area contributed by atoms with Gasteiger partial charge in [-0.05, 0) is 275 Å². The number of benzene rings is 5. The molecule has 2 aliphatic carbocycles. The zero-order valence-corrected chi connectivity index (χ0v) is 90.3. The van der Waals surface area contributed by atoms with Crippen molar-refractivity contribution in [1.82, 2.24) is 63.8 Å². The van der Waals surface area contributed by atoms with E-state index < -0.39 is 9.23 Å². The van der Waals surface area contributed by atoms with Crippen molar-refractivity contribution >= 4 is 157 Å². The maximum absolute atomic E-state index is 12.9. The van der Waals surface area contributed by atoms with Crippen molar-refractivity contribution in [2.75, 3.05) is 12.3 Å². The molecule has 5 N–H and O–H groups in total. The largest absolute Gasteiger partial charge is 0.427 e. The fraction of sp³-hybridized carbons (Fsp3) is 0.429. The van der Waals surface area contributed by atoms with Gasteiger partial charge in [0.15, 0.2) is 5.75 Å². The Morgan fingerprint density at radius 1 is 0.458 bits per heavy atom. The molecule has 12 aromatic rings. The Balaban J connectivity index is 0.000000168. The van der Waals surface area contributed by atoms with Gasteiger partial charge in [0, 0.05) is 152 Å². The Labute approximate surface area is 879 Å². The molecule has 13 heterocycles. The first-order valence-electron chi connectivity index (χ1n) is 49.9. The molecule has 26 nitrogen and oxygen atoms in total. The number of rotatable bonds is 2. The number of carbonyl (C=O) groups is 4. The molecule has 144 heavy (non-hydrogen) atoms. The number of aryl methyl sites for hydroxylation is 2. The molecular weight excluding hydrogens is 2070 g/mol. The van der Waals surface area contributed by atoms with Crippen molar-refractivity contribution in [3.8, 4) is 41.8 Å². The Morgan fingerprint density at radius 2 is 0.868 bits per heavy atom. The summed E-state index contributed by atoms with van der Waals surface area (Å²) in [6.07, 6.45) is 41.7. The lowest BCUT2D eigenvalue weighted by molar-refractivity contribution is -0.124. The molecular formula is C112H130Br3Cl2N15O11S. The Hall–Kier alpha value is -11.7. The number of nitrogen functional groups attached to an aromatic ring is 1. The van der Waals surface area contributed by atoms with E-state index in [1.807, 2.05) is 153 Å². The summed E-state index contributed by atoms with van der Waals surface area (Å²) in [6.45, 7) is 19.5. The number of halogens is 5. The van der Waals surface area contributed by atoms with Gasteiger partial charge in [-0.3, -0.25) is 56.6 Å². The highest BCUT2D eigenvalue weighted by molar-refractivity contribution is 9.11. The number of ether oxygens (including phenoxy) is 1. The van der Waals surface area contributed by atoms with Crippen LogP contribution in [-0.4, -0.2) is 105 Å². The Kier molecular flexibility index (Phi) is 47.3. The molecule has 32 heteroatoms. The van der Waals surface area contributed by atoms with Crippen molar-refractivity contribution in [3.05, 3.63) is 271 Å². The summed E-state index contributed by atoms with van der Waals surface area (Å²) in [5.41, 5.74) is 14.2. The van der Waals surface area contributed by atoms with Gasteiger partial charge in [-0.25, -0.2) is 39.1 Å². The van der Waals surface area contributed by atoms with Crippen LogP contribution in [0.25, 0.3) is 43.6 Å². The van der Waals surface area contributed by atoms with Gasteiger partial charge < -0.3 is 26.3 Å². The zero-order chi connectivity index (χ0) is 104. The van der Waals surface area contributed by atoms with E-state index in [4.69, 9.17) is 36.5 Å². The molecule has 20 rings (SSSR count). The number of terminal acetylenes is 1. The first-order chi connectivity index (χ1) is 69.4. The highest BCUT2D eigenvalue weighted by atomic mass is 79.9. The van der Waals surface area contributed by atoms with Crippen LogP contribution in [0.4, 0.5) is 5.69 Å². The average molecular weight is 2210 g/mol. The standard InChI is InChI=1S/2C21H19N3O.2C14H15BrN2O.C7H6BrNO2.3C7H13NO.C7H5N.C7H12O.Cl2OS/c1-15-6-3-5-13-24-20(15)23-19-14-16(9-11-18(19)21(24)25)8-10-17-7-2-4-12-22-17;1-15-6-2-3-8-20-23-19-14-16(9-11-17-7-4-5-13-22-17)10-12-18(19)21(25)24(15)20;1-9-4-2-3-7-17-13(9)16-12-8-10(15)5-6-11(12)14(17)18;1-9-4-2-3-5-13-16-12-8-10(15)6-7-11(12)14(18)17(9)13;8-5-1-2-7(11-4-10)6(9)3-5;1-6-4-2-3-5-8-7(6)9;1-6-4-2-3-5-7(9)8-6;1-6-4-2-3-5-7(6)8-9;1-2-7-5-3-4-6-8-7;1-6-4-2-3-5-7(6)8;1-4(2)3/h2,4,7,9,11-12,14-15H,3,5-6,13H2,1H3;4-5,7,10,12-15H,2-3,6,8H2,1H3;5-6,8-9H,2-4,7H2,1H3;6-9H,2-5H2,1H3;1-4H,9H2;2*6H,2-5H2,1H3,(H,8,9);6,9H,2-5H2,1H3;1,3-6H;6H,2-5H2,1H3;/b;;;;;;;8-7+;;;. The number of pyridine rings is 3. The molecule has 6 aliphatic heterocycles. The van der Waals surface area contributed by atoms with E-state index >= 15 is 0 Å². The van der Waals surface area contributed by atoms with E-state index in [0.29, 0.717) is 69.9 Å². The minimum Gasteiger partial charge on any atom is -0.427 e. The lowest BCUT2D eigenvalue weighted by Gasteiger charge is -2.17. The molecule has 5 aromatic carbocycles. The van der Waals surface area contributed by atoms with E-state index in [-0.39, 0.29) is 52.1 Å². The van der Waals surface area contributed by atoms with Gasteiger partial charge in [-0.2, -0.15) is 0 Å². The molecule has 760 valence electrons. The van der Waals surface area contributed by atoms with Crippen molar-refractivity contribution in [3.63, 3.8) is 0 Å². The topological polar surface area (TPSA) is 355 Å². The van der Waals surface area contributed by atoms with Crippen LogP contribution < -0.4 is 43.3 Å². The van der Waals surface area contributed by atoms with Gasteiger partial charge >= 0.3 is 0 Å². The quantitative estimate of drug-likeness (QED) is 0.0312. The van der Waals surface area contributed by atoms with Crippen molar-refractivity contribution in [2.24, 2.45) is 22.9 Å². The summed E-state index contributed by atoms with van der Waals surface area (Å²) >= 11 is 10.1. The van der Waals surface area contributed by atoms with Crippen molar-refractivity contribution in [1.29, 1.82) is 0 Å². The summed E-state index contributed by atoms with van der Waals surface area (Å²) < 4.78 is 23.9. The predicted octanol–water partition coefficient (Wildman–Crippen LogP) is 23.3. The summed E-state index contributed by atoms with van der Waals surface area (Å²) in [5.74, 6) is 21.5. The first-order valence-corrected chi connectivity index (χ1v) is 55.0. The molecule has 0 spiro atoms. The van der Waals surface area contributed by atoms with Gasteiger partial charge in [-0.15, -0.1) is 6.42 Å². The number of nitrogens with zero attached hydrogens (tertiary/aromatic N) is 12. The van der Waals surface area contributed by atoms with Crippen LogP contribution in [0.2, 0.25) is 0 Å². The number of amides is 2. The normalized spacial score (nSPS) is 19.4. The number of ketones is 1. The Morgan fingerprint density at radius 3 is 1.32 bits per heavy atom. The van der Waals surface area contributed by atoms with Crippen molar-refractivity contribution in [2.45, 2.75) is 285 Å². The van der Waals surface area contributed by atoms with Gasteiger partial charge in [-0.1, -0.05) is 175 Å². The third kappa shape index (κ3) is 35.6. The monoisotopic (exact) mass is 2200 g/mol. The van der Waals surface area contributed by atoms with Gasteiger partial charge in [0.05, 0.1) is 55.0 Å². The lowest BCUT2D eigenvalue weighted by atomic mass is 9.89. The molecule has 4 fully saturated rings. The molecule has 8 unspecified atom stereocenters. The Bertz CT molecular complexity index is 6840. The number of oxime groups is 1. The first kappa shape index (κ1) is 114. The van der Waals surface area contributed by atoms with Crippen LogP contribution in [-0.2, 0) is 54.3 Å². The zero-order valence-electron chi connectivity index (χ0n) is 83.3. The molecule has 2 saturated heterocycles. The van der Waals surface area contributed by atoms with Crippen molar-refractivity contribution < 1.29 is 33.3 Å². The molecule has 2 saturated carbocycles. The molecule has 0 bridgehead atoms. The molecule has 8 atom stereocenters. The van der Waals surface area contributed by atoms with Gasteiger partial charge in [0.1, 0.15) is 46.2 Å². The van der Waals surface area contributed by atoms with Crippen LogP contribution in [0.5, 0.6) is 5.75 Å². The third-order valence-corrected chi connectivity index (χ3v) is 27.5. The fourth-order valence-corrected chi connectivity index (χ4v) is 19.0. The number of Topliss-reactive ketones (excluding diaryl/α,β-unsaturated/α-hetero) is 1. The highest BCUT2D eigenvalue weighted by Gasteiger charge is 2.26. The van der Waals surface area contributed by atoms with E-state index in [1.54, 1.807) is 42.9 Å². The van der Waals surface area contributed by atoms with E-state index in [1.165, 1.54) is 51.4 Å². The molecule has 2 amide bonds. The number of fused-ring (bicyclic) bond motifs is 8. The molecule has 0 radical (unpaired) electrons.